The molecular weight excluding hydrogens is 804 g/mol. The quantitative estimate of drug-likeness (QED) is 0.162. The summed E-state index contributed by atoms with van der Waals surface area (Å²) in [5, 5.41) is 4.46. The number of aryl methyl sites for hydroxylation is 2. The van der Waals surface area contributed by atoms with Gasteiger partial charge >= 0.3 is 0 Å². The van der Waals surface area contributed by atoms with E-state index in [1.165, 1.54) is 22.1 Å². The molecule has 0 atom stereocenters. The molecule has 0 saturated carbocycles. The van der Waals surface area contributed by atoms with E-state index in [0.717, 1.165) is 138 Å². The summed E-state index contributed by atoms with van der Waals surface area (Å²) in [6.07, 6.45) is 0. The highest BCUT2D eigenvalue weighted by Crippen LogP contribution is 2.60. The molecule has 0 spiro atoms. The van der Waals surface area contributed by atoms with Gasteiger partial charge in [-0.05, 0) is 81.0 Å². The Balaban J connectivity index is 1.09. The second-order valence-corrected chi connectivity index (χ2v) is 19.0. The monoisotopic (exact) mass is 835 g/mol. The highest BCUT2D eigenvalue weighted by Gasteiger charge is 2.54. The molecule has 5 aliphatic rings. The van der Waals surface area contributed by atoms with Crippen molar-refractivity contribution >= 4 is 119 Å². The largest absolute Gasteiger partial charge is 0.458 e. The predicted molar refractivity (Wildman–Crippen MR) is 262 cm³/mol. The van der Waals surface area contributed by atoms with Crippen LogP contribution < -0.4 is 47.2 Å². The molecule has 16 rings (SSSR count). The third kappa shape index (κ3) is 4.12. The van der Waals surface area contributed by atoms with Gasteiger partial charge < -0.3 is 23.2 Å². The van der Waals surface area contributed by atoms with Crippen molar-refractivity contribution < 1.29 is 18.3 Å². The molecule has 5 nitrogen and oxygen atoms in total. The van der Waals surface area contributed by atoms with Crippen molar-refractivity contribution in [3.8, 4) is 45.3 Å². The molecule has 0 bridgehead atoms. The summed E-state index contributed by atoms with van der Waals surface area (Å²) in [4.78, 5) is 4.75. The van der Waals surface area contributed by atoms with Gasteiger partial charge in [0.1, 0.15) is 34.2 Å². The van der Waals surface area contributed by atoms with Crippen LogP contribution in [0.25, 0.3) is 66.1 Å². The summed E-state index contributed by atoms with van der Waals surface area (Å²) in [5.41, 5.74) is 20.8. The zero-order chi connectivity index (χ0) is 41.7. The van der Waals surface area contributed by atoms with Crippen LogP contribution in [0.3, 0.4) is 0 Å². The van der Waals surface area contributed by atoms with Crippen molar-refractivity contribution in [1.82, 2.24) is 0 Å². The second-order valence-electron chi connectivity index (χ2n) is 18.0. The van der Waals surface area contributed by atoms with E-state index in [0.29, 0.717) is 0 Å². The molecule has 0 fully saturated rings. The van der Waals surface area contributed by atoms with Crippen LogP contribution in [0.15, 0.2) is 170 Å². The first-order valence-corrected chi connectivity index (χ1v) is 22.8. The Hall–Kier alpha value is -7.54. The van der Waals surface area contributed by atoms with E-state index in [2.05, 4.69) is 170 Å². The molecule has 7 heterocycles. The van der Waals surface area contributed by atoms with Crippen molar-refractivity contribution in [2.75, 3.05) is 4.90 Å². The molecule has 296 valence electrons. The summed E-state index contributed by atoms with van der Waals surface area (Å²) >= 11 is 1.81. The first kappa shape index (κ1) is 34.0. The summed E-state index contributed by atoms with van der Waals surface area (Å²) < 4.78 is 28.8. The summed E-state index contributed by atoms with van der Waals surface area (Å²) in [7, 11) is 0. The van der Waals surface area contributed by atoms with Crippen LogP contribution in [-0.2, 0) is 0 Å². The molecule has 0 saturated heterocycles. The van der Waals surface area contributed by atoms with Gasteiger partial charge in [0.25, 0.3) is 13.4 Å². The lowest BCUT2D eigenvalue weighted by Gasteiger charge is -2.49. The van der Waals surface area contributed by atoms with Crippen LogP contribution in [-0.4, -0.2) is 13.4 Å². The fourth-order valence-electron chi connectivity index (χ4n) is 11.8. The highest BCUT2D eigenvalue weighted by molar-refractivity contribution is 8.00. The number of fused-ring (bicyclic) bond motifs is 14. The van der Waals surface area contributed by atoms with Gasteiger partial charge in [-0.3, -0.25) is 0 Å². The summed E-state index contributed by atoms with van der Waals surface area (Å²) in [6, 6.07) is 54.8. The van der Waals surface area contributed by atoms with E-state index < -0.39 is 0 Å². The summed E-state index contributed by atoms with van der Waals surface area (Å²) in [6.45, 7) is 4.00. The number of hydrogen-bond donors (Lipinski definition) is 0. The third-order valence-corrected chi connectivity index (χ3v) is 15.6. The van der Waals surface area contributed by atoms with Crippen LogP contribution in [0, 0.1) is 13.8 Å². The third-order valence-electron chi connectivity index (χ3n) is 14.4. The van der Waals surface area contributed by atoms with Gasteiger partial charge in [0.05, 0.1) is 21.2 Å². The Morgan fingerprint density at radius 3 is 1.41 bits per heavy atom. The Morgan fingerprint density at radius 1 is 0.438 bits per heavy atom. The standard InChI is InChI=1S/C56H31B2NO4S/c1-28-19-21-34-36-25-40-48-55(53(36)60-42(34)23-28)64-56-49-41(26-37-35-22-20-29(2)24-43(35)61-54(37)56)58-39-18-10-16-33(31-13-7-4-8-14-31)52(39)63-45-27-44-46(50(47(45)58)59(48)49)57(40)38-17-9-15-32(51(38)62-44)30-11-5-3-6-12-30/h3-27H,1-2H3. The van der Waals surface area contributed by atoms with E-state index in [1.54, 1.807) is 11.8 Å². The average Bonchev–Trinajstić information content (AvgIpc) is 3.88. The molecule has 0 amide bonds. The number of ether oxygens (including phenoxy) is 2. The number of furan rings is 2. The van der Waals surface area contributed by atoms with E-state index in [4.69, 9.17) is 18.3 Å². The van der Waals surface area contributed by atoms with Gasteiger partial charge in [0.15, 0.2) is 11.2 Å². The molecule has 5 aliphatic heterocycles. The molecule has 11 aromatic rings. The number of para-hydroxylation sites is 2. The van der Waals surface area contributed by atoms with Crippen molar-refractivity contribution in [2.45, 2.75) is 23.6 Å². The predicted octanol–water partition coefficient (Wildman–Crippen LogP) is 11.2. The second kappa shape index (κ2) is 11.7. The fourth-order valence-corrected chi connectivity index (χ4v) is 13.1. The minimum atomic E-state index is -0.133. The molecule has 8 heteroatoms. The first-order chi connectivity index (χ1) is 31.6. The van der Waals surface area contributed by atoms with Gasteiger partial charge in [-0.1, -0.05) is 145 Å². The van der Waals surface area contributed by atoms with Crippen molar-refractivity contribution in [3.05, 3.63) is 163 Å². The molecule has 9 aromatic carbocycles. The number of anilines is 3. The lowest BCUT2D eigenvalue weighted by atomic mass is 9.29. The number of rotatable bonds is 2. The smallest absolute Gasteiger partial charge is 0.256 e. The van der Waals surface area contributed by atoms with E-state index in [-0.39, 0.29) is 13.4 Å². The number of nitrogens with zero attached hydrogens (tertiary/aromatic N) is 1. The Labute approximate surface area is 372 Å². The minimum Gasteiger partial charge on any atom is -0.458 e. The van der Waals surface area contributed by atoms with Crippen LogP contribution in [0.2, 0.25) is 0 Å². The van der Waals surface area contributed by atoms with Crippen molar-refractivity contribution in [3.63, 3.8) is 0 Å². The van der Waals surface area contributed by atoms with E-state index in [1.807, 2.05) is 0 Å². The number of benzene rings is 9. The van der Waals surface area contributed by atoms with Gasteiger partial charge in [-0.15, -0.1) is 0 Å². The fraction of sp³-hybridized carbons (Fsp3) is 0.0357. The first-order valence-electron chi connectivity index (χ1n) is 22.0. The molecule has 0 N–H and O–H groups in total. The normalized spacial score (nSPS) is 14.2. The Kier molecular flexibility index (Phi) is 6.23. The maximum absolute atomic E-state index is 7.36. The van der Waals surface area contributed by atoms with Gasteiger partial charge in [0, 0.05) is 44.4 Å². The Bertz CT molecular complexity index is 3730. The molecule has 0 aliphatic carbocycles. The lowest BCUT2D eigenvalue weighted by Crippen LogP contribution is -2.67. The SMILES string of the molecule is Cc1ccc2c(c1)oc1c3c4c(cc12)B1c2cccc(-c5ccccc5)c2Oc2cc5c6c(c21)N4c1c(cc2c(oc4cc(C)ccc42)c1S3)B6c1cccc(-c2ccccc2)c1O5. The Morgan fingerprint density at radius 2 is 0.922 bits per heavy atom. The lowest BCUT2D eigenvalue weighted by molar-refractivity contribution is 0.467. The molecule has 0 unspecified atom stereocenters. The number of hydrogen-bond acceptors (Lipinski definition) is 6. The zero-order valence-electron chi connectivity index (χ0n) is 34.6. The summed E-state index contributed by atoms with van der Waals surface area (Å²) in [5.74, 6) is 3.39. The highest BCUT2D eigenvalue weighted by atomic mass is 32.2. The van der Waals surface area contributed by atoms with Crippen molar-refractivity contribution in [1.29, 1.82) is 0 Å². The van der Waals surface area contributed by atoms with Gasteiger partial charge in [-0.2, -0.15) is 0 Å². The minimum absolute atomic E-state index is 0.133. The average molecular weight is 836 g/mol. The molecular formula is C56H31B2NO4S. The van der Waals surface area contributed by atoms with Gasteiger partial charge in [0.2, 0.25) is 0 Å². The molecule has 2 aromatic heterocycles. The van der Waals surface area contributed by atoms with E-state index in [9.17, 15) is 0 Å². The topological polar surface area (TPSA) is 48.0 Å². The van der Waals surface area contributed by atoms with E-state index >= 15 is 0 Å². The molecule has 0 radical (unpaired) electrons. The maximum atomic E-state index is 7.36. The van der Waals surface area contributed by atoms with Gasteiger partial charge in [-0.25, -0.2) is 0 Å². The molecule has 64 heavy (non-hydrogen) atoms. The van der Waals surface area contributed by atoms with Crippen LogP contribution in [0.5, 0.6) is 23.0 Å². The van der Waals surface area contributed by atoms with Crippen LogP contribution in [0.1, 0.15) is 11.1 Å². The van der Waals surface area contributed by atoms with Crippen LogP contribution in [0.4, 0.5) is 17.1 Å². The maximum Gasteiger partial charge on any atom is 0.256 e. The van der Waals surface area contributed by atoms with Crippen LogP contribution >= 0.6 is 11.8 Å². The van der Waals surface area contributed by atoms with Crippen molar-refractivity contribution in [2.24, 2.45) is 0 Å². The zero-order valence-corrected chi connectivity index (χ0v) is 35.4.